The van der Waals surface area contributed by atoms with Crippen molar-refractivity contribution in [3.63, 3.8) is 0 Å². The van der Waals surface area contributed by atoms with Gasteiger partial charge in [-0.3, -0.25) is 0 Å². The Morgan fingerprint density at radius 1 is 1.50 bits per heavy atom. The molecule has 2 nitrogen and oxygen atoms in total. The van der Waals surface area contributed by atoms with Crippen molar-refractivity contribution in [2.45, 2.75) is 6.55 Å². The Labute approximate surface area is 44.7 Å². The highest BCUT2D eigenvalue weighted by Crippen LogP contribution is 2.04. The highest BCUT2D eigenvalue weighted by molar-refractivity contribution is 4.77. The molecule has 8 heavy (non-hydrogen) atoms. The molecule has 0 amide bonds. The average molecular weight is 118 g/mol. The van der Waals surface area contributed by atoms with Gasteiger partial charge in [-0.15, -0.1) is 0 Å². The lowest BCUT2D eigenvalue weighted by molar-refractivity contribution is 0.0566. The number of nitrogens with zero attached hydrogens (tertiary/aromatic N) is 2. The van der Waals surface area contributed by atoms with Crippen molar-refractivity contribution in [3.8, 4) is 0 Å². The van der Waals surface area contributed by atoms with Crippen molar-refractivity contribution in [2.24, 2.45) is 0 Å². The van der Waals surface area contributed by atoms with E-state index in [1.54, 1.807) is 0 Å². The van der Waals surface area contributed by atoms with E-state index in [9.17, 15) is 8.78 Å². The summed E-state index contributed by atoms with van der Waals surface area (Å²) in [5.41, 5.74) is 0. The zero-order valence-electron chi connectivity index (χ0n) is 3.96. The monoisotopic (exact) mass is 118 g/mol. The Kier molecular flexibility index (Phi) is 1.24. The second-order valence-electron chi connectivity index (χ2n) is 1.26. The van der Waals surface area contributed by atoms with E-state index < -0.39 is 6.55 Å². The molecule has 0 aromatic carbocycles. The number of hydrogen-bond acceptors (Lipinski definition) is 1. The lowest BCUT2D eigenvalue weighted by Gasteiger charge is -1.93. The van der Waals surface area contributed by atoms with Crippen LogP contribution in [0.3, 0.4) is 0 Å². The first kappa shape index (κ1) is 5.21. The van der Waals surface area contributed by atoms with Gasteiger partial charge in [0.15, 0.2) is 0 Å². The van der Waals surface area contributed by atoms with Crippen LogP contribution in [0.1, 0.15) is 6.55 Å². The predicted octanol–water partition coefficient (Wildman–Crippen LogP) is 1.28. The van der Waals surface area contributed by atoms with Gasteiger partial charge in [0.05, 0.1) is 0 Å². The minimum Gasteiger partial charge on any atom is -0.212 e. The molecule has 0 saturated heterocycles. The minimum absolute atomic E-state index is 0.583. The topological polar surface area (TPSA) is 17.8 Å². The first-order valence-electron chi connectivity index (χ1n) is 2.08. The molecular formula is C4H4F2N2. The Morgan fingerprint density at radius 3 is 2.50 bits per heavy atom. The number of alkyl halides is 2. The van der Waals surface area contributed by atoms with E-state index in [0.29, 0.717) is 4.68 Å². The molecule has 1 heterocycles. The maximum atomic E-state index is 11.5. The molecule has 44 valence electrons. The van der Waals surface area contributed by atoms with Gasteiger partial charge in [-0.05, 0) is 6.07 Å². The Hall–Kier alpha value is -0.930. The molecular weight excluding hydrogens is 114 g/mol. The molecule has 0 fully saturated rings. The molecule has 0 aliphatic heterocycles. The first-order valence-corrected chi connectivity index (χ1v) is 2.08. The molecule has 0 atom stereocenters. The molecule has 0 saturated carbocycles. The molecule has 0 bridgehead atoms. The second kappa shape index (κ2) is 1.90. The van der Waals surface area contributed by atoms with Gasteiger partial charge in [0.25, 0.3) is 0 Å². The minimum atomic E-state index is -2.51. The molecule has 0 unspecified atom stereocenters. The van der Waals surface area contributed by atoms with Crippen LogP contribution >= 0.6 is 0 Å². The number of aromatic nitrogens is 2. The first-order chi connectivity index (χ1) is 3.80. The molecule has 0 N–H and O–H groups in total. The van der Waals surface area contributed by atoms with Crippen molar-refractivity contribution in [3.05, 3.63) is 18.5 Å². The van der Waals surface area contributed by atoms with Gasteiger partial charge in [0.1, 0.15) is 0 Å². The zero-order chi connectivity index (χ0) is 5.98. The quantitative estimate of drug-likeness (QED) is 0.543. The van der Waals surface area contributed by atoms with E-state index in [0.717, 1.165) is 0 Å². The van der Waals surface area contributed by atoms with Gasteiger partial charge < -0.3 is 0 Å². The van der Waals surface area contributed by atoms with Crippen LogP contribution in [0.15, 0.2) is 18.5 Å². The predicted molar refractivity (Wildman–Crippen MR) is 23.5 cm³/mol. The van der Waals surface area contributed by atoms with Crippen LogP contribution in [0.2, 0.25) is 0 Å². The number of hydrogen-bond donors (Lipinski definition) is 0. The summed E-state index contributed by atoms with van der Waals surface area (Å²) in [6.07, 6.45) is 2.52. The van der Waals surface area contributed by atoms with Gasteiger partial charge in [0, 0.05) is 12.4 Å². The highest BCUT2D eigenvalue weighted by Gasteiger charge is 2.01. The molecule has 1 rings (SSSR count). The summed E-state index contributed by atoms with van der Waals surface area (Å²) >= 11 is 0. The van der Waals surface area contributed by atoms with E-state index in [2.05, 4.69) is 5.10 Å². The van der Waals surface area contributed by atoms with Crippen LogP contribution < -0.4 is 0 Å². The third-order valence-corrected chi connectivity index (χ3v) is 0.725. The maximum Gasteiger partial charge on any atom is 0.333 e. The van der Waals surface area contributed by atoms with Crippen molar-refractivity contribution in [2.75, 3.05) is 0 Å². The fraction of sp³-hybridized carbons (Fsp3) is 0.250. The van der Waals surface area contributed by atoms with E-state index in [4.69, 9.17) is 0 Å². The Bertz CT molecular complexity index is 147. The highest BCUT2D eigenvalue weighted by atomic mass is 19.3. The second-order valence-corrected chi connectivity index (χ2v) is 1.26. The van der Waals surface area contributed by atoms with E-state index >= 15 is 0 Å². The SMILES string of the molecule is FC(F)n1cccn1. The Balaban J connectivity index is 2.77. The Morgan fingerprint density at radius 2 is 2.25 bits per heavy atom. The third kappa shape index (κ3) is 0.828. The smallest absolute Gasteiger partial charge is 0.212 e. The van der Waals surface area contributed by atoms with Crippen LogP contribution in [0.4, 0.5) is 8.78 Å². The van der Waals surface area contributed by atoms with Crippen molar-refractivity contribution in [1.82, 2.24) is 9.78 Å². The van der Waals surface area contributed by atoms with Gasteiger partial charge in [-0.25, -0.2) is 4.68 Å². The molecule has 0 aliphatic rings. The summed E-state index contributed by atoms with van der Waals surface area (Å²) in [7, 11) is 0. The molecule has 0 spiro atoms. The lowest BCUT2D eigenvalue weighted by Crippen LogP contribution is -1.96. The lowest BCUT2D eigenvalue weighted by atomic mass is 10.8. The number of halogens is 2. The normalized spacial score (nSPS) is 10.4. The average Bonchev–Trinajstić information content (AvgIpc) is 2.12. The fourth-order valence-electron chi connectivity index (χ4n) is 0.396. The maximum absolute atomic E-state index is 11.5. The molecule has 0 aliphatic carbocycles. The molecule has 1 aromatic rings. The van der Waals surface area contributed by atoms with Crippen molar-refractivity contribution in [1.29, 1.82) is 0 Å². The van der Waals surface area contributed by atoms with Crippen molar-refractivity contribution < 1.29 is 8.78 Å². The van der Waals surface area contributed by atoms with Crippen LogP contribution in [0.5, 0.6) is 0 Å². The van der Waals surface area contributed by atoms with Crippen LogP contribution in [-0.2, 0) is 0 Å². The van der Waals surface area contributed by atoms with Gasteiger partial charge >= 0.3 is 6.55 Å². The molecule has 0 radical (unpaired) electrons. The fourth-order valence-corrected chi connectivity index (χ4v) is 0.396. The third-order valence-electron chi connectivity index (χ3n) is 0.725. The standard InChI is InChI=1S/C4H4F2N2/c5-4(6)8-3-1-2-7-8/h1-4H. The van der Waals surface area contributed by atoms with Gasteiger partial charge in [-0.1, -0.05) is 0 Å². The van der Waals surface area contributed by atoms with Gasteiger partial charge in [0.2, 0.25) is 0 Å². The van der Waals surface area contributed by atoms with E-state index in [1.165, 1.54) is 18.5 Å². The van der Waals surface area contributed by atoms with Crippen LogP contribution in [0.25, 0.3) is 0 Å². The zero-order valence-corrected chi connectivity index (χ0v) is 3.96. The summed E-state index contributed by atoms with van der Waals surface area (Å²) in [5, 5.41) is 3.28. The van der Waals surface area contributed by atoms with Crippen LogP contribution in [-0.4, -0.2) is 9.78 Å². The van der Waals surface area contributed by atoms with E-state index in [-0.39, 0.29) is 0 Å². The summed E-state index contributed by atoms with van der Waals surface area (Å²) in [6, 6.07) is 1.45. The molecule has 1 aromatic heterocycles. The van der Waals surface area contributed by atoms with Crippen molar-refractivity contribution >= 4 is 0 Å². The number of rotatable bonds is 1. The van der Waals surface area contributed by atoms with Crippen LogP contribution in [0, 0.1) is 0 Å². The largest absolute Gasteiger partial charge is 0.333 e. The van der Waals surface area contributed by atoms with E-state index in [1.807, 2.05) is 0 Å². The van der Waals surface area contributed by atoms with Gasteiger partial charge in [-0.2, -0.15) is 13.9 Å². The summed E-state index contributed by atoms with van der Waals surface area (Å²) in [4.78, 5) is 0. The molecule has 4 heteroatoms. The summed E-state index contributed by atoms with van der Waals surface area (Å²) in [5.74, 6) is 0. The summed E-state index contributed by atoms with van der Waals surface area (Å²) in [6.45, 7) is -2.51. The summed E-state index contributed by atoms with van der Waals surface area (Å²) < 4.78 is 23.6.